The Balaban J connectivity index is 2.04. The van der Waals surface area contributed by atoms with Crippen LogP contribution in [0.15, 0.2) is 23.2 Å². The van der Waals surface area contributed by atoms with E-state index in [4.69, 9.17) is 19.2 Å². The third-order valence-corrected chi connectivity index (χ3v) is 4.69. The van der Waals surface area contributed by atoms with Gasteiger partial charge in [-0.1, -0.05) is 12.1 Å². The standard InChI is InChI=1S/C20H33N3O3/c1-5-21-19(23-15-20(24-4)9-11-25-12-10-20)22-14-17-8-7-16(3)13-18(17)26-6-2/h7-8,13H,5-6,9-12,14-15H2,1-4H3,(H2,21,22,23). The quantitative estimate of drug-likeness (QED) is 0.549. The lowest BCUT2D eigenvalue weighted by Crippen LogP contribution is -2.50. The third-order valence-electron chi connectivity index (χ3n) is 4.69. The van der Waals surface area contributed by atoms with Gasteiger partial charge in [-0.15, -0.1) is 0 Å². The molecule has 0 amide bonds. The topological polar surface area (TPSA) is 64.1 Å². The fourth-order valence-electron chi connectivity index (χ4n) is 3.03. The van der Waals surface area contributed by atoms with Gasteiger partial charge in [0.1, 0.15) is 5.75 Å². The molecule has 2 N–H and O–H groups in total. The van der Waals surface area contributed by atoms with E-state index < -0.39 is 0 Å². The van der Waals surface area contributed by atoms with E-state index >= 15 is 0 Å². The molecule has 6 heteroatoms. The zero-order valence-electron chi connectivity index (χ0n) is 16.6. The summed E-state index contributed by atoms with van der Waals surface area (Å²) in [5.41, 5.74) is 2.09. The van der Waals surface area contributed by atoms with E-state index in [1.54, 1.807) is 7.11 Å². The van der Waals surface area contributed by atoms with Crippen molar-refractivity contribution in [1.29, 1.82) is 0 Å². The Bertz CT molecular complexity index is 584. The van der Waals surface area contributed by atoms with E-state index in [9.17, 15) is 0 Å². The zero-order valence-corrected chi connectivity index (χ0v) is 16.6. The molecule has 0 saturated carbocycles. The maximum Gasteiger partial charge on any atom is 0.191 e. The van der Waals surface area contributed by atoms with Gasteiger partial charge < -0.3 is 24.8 Å². The fraction of sp³-hybridized carbons (Fsp3) is 0.650. The first-order valence-electron chi connectivity index (χ1n) is 9.50. The number of rotatable bonds is 8. The fourth-order valence-corrected chi connectivity index (χ4v) is 3.03. The first-order chi connectivity index (χ1) is 12.6. The molecule has 146 valence electrons. The third kappa shape index (κ3) is 5.88. The number of nitrogens with one attached hydrogen (secondary N) is 2. The lowest BCUT2D eigenvalue weighted by molar-refractivity contribution is -0.0855. The molecule has 2 rings (SSSR count). The highest BCUT2D eigenvalue weighted by molar-refractivity contribution is 5.79. The van der Waals surface area contributed by atoms with E-state index in [1.807, 2.05) is 6.92 Å². The van der Waals surface area contributed by atoms with Crippen molar-refractivity contribution in [2.45, 2.75) is 45.8 Å². The van der Waals surface area contributed by atoms with E-state index in [0.717, 1.165) is 49.9 Å². The number of methoxy groups -OCH3 is 1. The van der Waals surface area contributed by atoms with Gasteiger partial charge in [-0.3, -0.25) is 0 Å². The first-order valence-corrected chi connectivity index (χ1v) is 9.50. The van der Waals surface area contributed by atoms with Crippen molar-refractivity contribution < 1.29 is 14.2 Å². The molecule has 1 fully saturated rings. The number of hydrogen-bond acceptors (Lipinski definition) is 4. The Morgan fingerprint density at radius 3 is 2.65 bits per heavy atom. The van der Waals surface area contributed by atoms with Crippen LogP contribution in [0, 0.1) is 6.92 Å². The minimum Gasteiger partial charge on any atom is -0.494 e. The molecule has 0 spiro atoms. The molecular formula is C20H33N3O3. The molecule has 26 heavy (non-hydrogen) atoms. The summed E-state index contributed by atoms with van der Waals surface area (Å²) in [4.78, 5) is 4.73. The van der Waals surface area contributed by atoms with E-state index in [-0.39, 0.29) is 5.60 Å². The molecule has 0 aliphatic carbocycles. The average molecular weight is 364 g/mol. The number of hydrogen-bond donors (Lipinski definition) is 2. The molecular weight excluding hydrogens is 330 g/mol. The summed E-state index contributed by atoms with van der Waals surface area (Å²) in [6.07, 6.45) is 1.78. The second kappa shape index (κ2) is 10.4. The van der Waals surface area contributed by atoms with Crippen LogP contribution in [0.2, 0.25) is 0 Å². The van der Waals surface area contributed by atoms with Crippen molar-refractivity contribution in [2.24, 2.45) is 4.99 Å². The summed E-state index contributed by atoms with van der Waals surface area (Å²) < 4.78 is 17.0. The molecule has 0 radical (unpaired) electrons. The normalized spacial score (nSPS) is 17.0. The van der Waals surface area contributed by atoms with Crippen molar-refractivity contribution in [2.75, 3.05) is 40.0 Å². The molecule has 1 aliphatic rings. The van der Waals surface area contributed by atoms with Crippen LogP contribution in [0.5, 0.6) is 5.75 Å². The number of nitrogens with zero attached hydrogens (tertiary/aromatic N) is 1. The number of guanidine groups is 1. The van der Waals surface area contributed by atoms with Crippen LogP contribution in [0.1, 0.15) is 37.8 Å². The summed E-state index contributed by atoms with van der Waals surface area (Å²) in [6.45, 7) is 10.3. The molecule has 6 nitrogen and oxygen atoms in total. The Kier molecular flexibility index (Phi) is 8.19. The van der Waals surface area contributed by atoms with Crippen LogP contribution in [0.25, 0.3) is 0 Å². The van der Waals surface area contributed by atoms with Gasteiger partial charge in [0.2, 0.25) is 0 Å². The summed E-state index contributed by atoms with van der Waals surface area (Å²) in [5, 5.41) is 6.74. The number of benzene rings is 1. The van der Waals surface area contributed by atoms with E-state index in [2.05, 4.69) is 42.7 Å². The van der Waals surface area contributed by atoms with Crippen LogP contribution in [-0.2, 0) is 16.0 Å². The number of aryl methyl sites for hydroxylation is 1. The van der Waals surface area contributed by atoms with Crippen molar-refractivity contribution in [3.63, 3.8) is 0 Å². The first kappa shape index (κ1) is 20.5. The number of ether oxygens (including phenoxy) is 3. The zero-order chi connectivity index (χ0) is 18.8. The SMILES string of the molecule is CCNC(=NCc1ccc(C)cc1OCC)NCC1(OC)CCOCC1. The van der Waals surface area contributed by atoms with Crippen molar-refractivity contribution >= 4 is 5.96 Å². The van der Waals surface area contributed by atoms with Crippen LogP contribution >= 0.6 is 0 Å². The summed E-state index contributed by atoms with van der Waals surface area (Å²) >= 11 is 0. The maximum absolute atomic E-state index is 5.79. The lowest BCUT2D eigenvalue weighted by atomic mass is 9.94. The highest BCUT2D eigenvalue weighted by Crippen LogP contribution is 2.24. The van der Waals surface area contributed by atoms with Crippen molar-refractivity contribution in [1.82, 2.24) is 10.6 Å². The van der Waals surface area contributed by atoms with Gasteiger partial charge >= 0.3 is 0 Å². The van der Waals surface area contributed by atoms with Gasteiger partial charge in [0, 0.05) is 51.8 Å². The monoisotopic (exact) mass is 363 g/mol. The van der Waals surface area contributed by atoms with Crippen LogP contribution in [0.3, 0.4) is 0 Å². The molecule has 1 aliphatic heterocycles. The van der Waals surface area contributed by atoms with Crippen LogP contribution in [0.4, 0.5) is 0 Å². The largest absolute Gasteiger partial charge is 0.494 e. The molecule has 1 heterocycles. The van der Waals surface area contributed by atoms with Gasteiger partial charge in [0.25, 0.3) is 0 Å². The van der Waals surface area contributed by atoms with Crippen LogP contribution < -0.4 is 15.4 Å². The van der Waals surface area contributed by atoms with Crippen molar-refractivity contribution in [3.05, 3.63) is 29.3 Å². The lowest BCUT2D eigenvalue weighted by Gasteiger charge is -2.36. The molecule has 0 bridgehead atoms. The molecule has 1 aromatic rings. The van der Waals surface area contributed by atoms with Crippen molar-refractivity contribution in [3.8, 4) is 5.75 Å². The predicted octanol–water partition coefficient (Wildman–Crippen LogP) is 2.64. The number of aliphatic imine (C=N–C) groups is 1. The average Bonchev–Trinajstić information content (AvgIpc) is 2.66. The molecule has 1 saturated heterocycles. The van der Waals surface area contributed by atoms with Gasteiger partial charge in [-0.05, 0) is 32.4 Å². The second-order valence-corrected chi connectivity index (χ2v) is 6.59. The van der Waals surface area contributed by atoms with Crippen LogP contribution in [-0.4, -0.2) is 51.6 Å². The Morgan fingerprint density at radius 2 is 2.00 bits per heavy atom. The highest BCUT2D eigenvalue weighted by Gasteiger charge is 2.32. The minimum atomic E-state index is -0.186. The molecule has 1 aromatic carbocycles. The molecule has 0 aromatic heterocycles. The summed E-state index contributed by atoms with van der Waals surface area (Å²) in [6, 6.07) is 6.24. The molecule has 0 unspecified atom stereocenters. The van der Waals surface area contributed by atoms with Gasteiger partial charge in [0.05, 0.1) is 18.8 Å². The predicted molar refractivity (Wildman–Crippen MR) is 105 cm³/mol. The highest BCUT2D eigenvalue weighted by atomic mass is 16.5. The van der Waals surface area contributed by atoms with Gasteiger partial charge in [0.15, 0.2) is 5.96 Å². The second-order valence-electron chi connectivity index (χ2n) is 6.59. The summed E-state index contributed by atoms with van der Waals surface area (Å²) in [5.74, 6) is 1.70. The minimum absolute atomic E-state index is 0.186. The van der Waals surface area contributed by atoms with Gasteiger partial charge in [-0.2, -0.15) is 0 Å². The van der Waals surface area contributed by atoms with E-state index in [1.165, 1.54) is 5.56 Å². The summed E-state index contributed by atoms with van der Waals surface area (Å²) in [7, 11) is 1.78. The Morgan fingerprint density at radius 1 is 1.23 bits per heavy atom. The maximum atomic E-state index is 5.79. The van der Waals surface area contributed by atoms with E-state index in [0.29, 0.717) is 19.7 Å². The van der Waals surface area contributed by atoms with Gasteiger partial charge in [-0.25, -0.2) is 4.99 Å². The Labute approximate surface area is 157 Å². The molecule has 0 atom stereocenters. The smallest absolute Gasteiger partial charge is 0.191 e. The Hall–Kier alpha value is -1.79.